The van der Waals surface area contributed by atoms with Crippen molar-refractivity contribution in [2.75, 3.05) is 13.7 Å². The lowest BCUT2D eigenvalue weighted by Crippen LogP contribution is -2.37. The molecular weight excluding hydrogens is 160 g/mol. The first-order chi connectivity index (χ1) is 5.54. The summed E-state index contributed by atoms with van der Waals surface area (Å²) < 4.78 is 15.5. The van der Waals surface area contributed by atoms with Crippen molar-refractivity contribution in [1.29, 1.82) is 0 Å². The smallest absolute Gasteiger partial charge is 0.310 e. The highest BCUT2D eigenvalue weighted by atomic mass is 16.9. The Morgan fingerprint density at radius 2 is 2.00 bits per heavy atom. The number of hydrogen-bond acceptors (Lipinski definition) is 5. The molecule has 0 spiro atoms. The van der Waals surface area contributed by atoms with Crippen molar-refractivity contribution in [1.82, 2.24) is 0 Å². The molecule has 1 atom stereocenters. The molecular formula is C7H14N2O3. The van der Waals surface area contributed by atoms with Gasteiger partial charge in [0.25, 0.3) is 0 Å². The summed E-state index contributed by atoms with van der Waals surface area (Å²) in [5, 5.41) is 7.65. The summed E-state index contributed by atoms with van der Waals surface area (Å²) in [6.45, 7) is 5.88. The van der Waals surface area contributed by atoms with E-state index in [-0.39, 0.29) is 0 Å². The van der Waals surface area contributed by atoms with Crippen LogP contribution < -0.4 is 0 Å². The number of hydrogen-bond donors (Lipinski definition) is 0. The maximum atomic E-state index is 5.35. The van der Waals surface area contributed by atoms with Crippen LogP contribution in [0.25, 0.3) is 0 Å². The number of nitrogens with zero attached hydrogens (tertiary/aromatic N) is 2. The van der Waals surface area contributed by atoms with E-state index in [1.807, 2.05) is 6.92 Å². The molecule has 12 heavy (non-hydrogen) atoms. The third-order valence-corrected chi connectivity index (χ3v) is 1.38. The van der Waals surface area contributed by atoms with Crippen molar-refractivity contribution in [3.63, 3.8) is 0 Å². The first-order valence-electron chi connectivity index (χ1n) is 3.87. The van der Waals surface area contributed by atoms with Crippen molar-refractivity contribution in [3.8, 4) is 0 Å². The Hall–Kier alpha value is -0.520. The fourth-order valence-electron chi connectivity index (χ4n) is 0.920. The molecule has 1 heterocycles. The lowest BCUT2D eigenvalue weighted by Gasteiger charge is -2.24. The maximum Gasteiger partial charge on any atom is 0.414 e. The van der Waals surface area contributed by atoms with E-state index in [9.17, 15) is 0 Å². The average Bonchev–Trinajstić information content (AvgIpc) is 2.29. The molecule has 0 aromatic rings. The van der Waals surface area contributed by atoms with Gasteiger partial charge in [0.15, 0.2) is 5.72 Å². The molecule has 0 fully saturated rings. The monoisotopic (exact) mass is 174 g/mol. The zero-order valence-corrected chi connectivity index (χ0v) is 7.83. The Labute approximate surface area is 71.7 Å². The molecule has 0 aromatic heterocycles. The minimum Gasteiger partial charge on any atom is -0.310 e. The molecule has 0 bridgehead atoms. The lowest BCUT2D eigenvalue weighted by atomic mass is 10.3. The molecule has 1 rings (SSSR count). The highest BCUT2D eigenvalue weighted by Crippen LogP contribution is 2.32. The quantitative estimate of drug-likeness (QED) is 0.609. The van der Waals surface area contributed by atoms with Crippen LogP contribution in [0.2, 0.25) is 0 Å². The zero-order valence-electron chi connectivity index (χ0n) is 7.83. The van der Waals surface area contributed by atoms with Crippen LogP contribution in [0.3, 0.4) is 0 Å². The van der Waals surface area contributed by atoms with Gasteiger partial charge in [-0.1, -0.05) is 5.11 Å². The second kappa shape index (κ2) is 3.08. The molecule has 70 valence electrons. The van der Waals surface area contributed by atoms with Crippen molar-refractivity contribution in [3.05, 3.63) is 0 Å². The van der Waals surface area contributed by atoms with Crippen LogP contribution in [-0.4, -0.2) is 25.5 Å². The van der Waals surface area contributed by atoms with Crippen LogP contribution in [0.15, 0.2) is 10.2 Å². The van der Waals surface area contributed by atoms with E-state index in [1.165, 1.54) is 7.11 Å². The van der Waals surface area contributed by atoms with Gasteiger partial charge in [0.2, 0.25) is 0 Å². The van der Waals surface area contributed by atoms with E-state index < -0.39 is 11.8 Å². The fraction of sp³-hybridized carbons (Fsp3) is 1.00. The second-order valence-electron chi connectivity index (χ2n) is 2.91. The molecule has 1 aliphatic rings. The molecule has 5 nitrogen and oxygen atoms in total. The molecule has 0 aliphatic carbocycles. The normalized spacial score (nSPS) is 32.7. The molecule has 0 N–H and O–H groups in total. The number of rotatable bonds is 3. The van der Waals surface area contributed by atoms with Gasteiger partial charge in [0, 0.05) is 7.11 Å². The largest absolute Gasteiger partial charge is 0.414 e. The second-order valence-corrected chi connectivity index (χ2v) is 2.91. The van der Waals surface area contributed by atoms with Crippen LogP contribution in [0.4, 0.5) is 0 Å². The lowest BCUT2D eigenvalue weighted by molar-refractivity contribution is -0.374. The Morgan fingerprint density at radius 1 is 1.33 bits per heavy atom. The van der Waals surface area contributed by atoms with E-state index in [2.05, 4.69) is 10.2 Å². The summed E-state index contributed by atoms with van der Waals surface area (Å²) >= 11 is 0. The first kappa shape index (κ1) is 9.57. The maximum absolute atomic E-state index is 5.35. The van der Waals surface area contributed by atoms with Gasteiger partial charge in [-0.15, -0.1) is 0 Å². The number of ether oxygens (including phenoxy) is 3. The van der Waals surface area contributed by atoms with Gasteiger partial charge < -0.3 is 9.47 Å². The Morgan fingerprint density at radius 3 is 2.33 bits per heavy atom. The average molecular weight is 174 g/mol. The molecule has 0 aromatic carbocycles. The number of methoxy groups -OCH3 is 1. The van der Waals surface area contributed by atoms with E-state index in [1.54, 1.807) is 13.8 Å². The van der Waals surface area contributed by atoms with Gasteiger partial charge >= 0.3 is 6.10 Å². The highest BCUT2D eigenvalue weighted by molar-refractivity contribution is 4.72. The van der Waals surface area contributed by atoms with Gasteiger partial charge in [0.1, 0.15) is 0 Å². The van der Waals surface area contributed by atoms with Crippen molar-refractivity contribution in [2.24, 2.45) is 10.2 Å². The topological polar surface area (TPSA) is 52.4 Å². The minimum atomic E-state index is -1.32. The molecule has 1 aliphatic heterocycles. The van der Waals surface area contributed by atoms with Gasteiger partial charge in [-0.3, -0.25) is 4.74 Å². The van der Waals surface area contributed by atoms with Crippen LogP contribution in [0, 0.1) is 0 Å². The van der Waals surface area contributed by atoms with E-state index >= 15 is 0 Å². The summed E-state index contributed by atoms with van der Waals surface area (Å²) in [4.78, 5) is 0. The van der Waals surface area contributed by atoms with Gasteiger partial charge in [0.05, 0.1) is 6.61 Å². The predicted octanol–water partition coefficient (Wildman–Crippen LogP) is 1.50. The van der Waals surface area contributed by atoms with Crippen LogP contribution in [0.1, 0.15) is 20.8 Å². The molecule has 0 unspecified atom stereocenters. The SMILES string of the molecule is CCO[C@@]1(OC)N=NC(C)(C)O1. The minimum absolute atomic E-state index is 0.461. The van der Waals surface area contributed by atoms with Crippen molar-refractivity contribution < 1.29 is 14.2 Å². The molecule has 0 saturated heterocycles. The summed E-state index contributed by atoms with van der Waals surface area (Å²) in [5.41, 5.74) is -0.662. The van der Waals surface area contributed by atoms with Gasteiger partial charge in [-0.25, -0.2) is 0 Å². The first-order valence-corrected chi connectivity index (χ1v) is 3.87. The van der Waals surface area contributed by atoms with Crippen molar-refractivity contribution in [2.45, 2.75) is 32.6 Å². The fourth-order valence-corrected chi connectivity index (χ4v) is 0.920. The third-order valence-electron chi connectivity index (χ3n) is 1.38. The van der Waals surface area contributed by atoms with Crippen LogP contribution in [-0.2, 0) is 14.2 Å². The summed E-state index contributed by atoms with van der Waals surface area (Å²) in [7, 11) is 1.47. The van der Waals surface area contributed by atoms with E-state index in [0.29, 0.717) is 6.61 Å². The molecule has 0 radical (unpaired) electrons. The Kier molecular flexibility index (Phi) is 2.46. The molecule has 0 amide bonds. The van der Waals surface area contributed by atoms with Crippen molar-refractivity contribution >= 4 is 0 Å². The number of azo groups is 1. The molecule has 5 heteroatoms. The zero-order chi connectivity index (χ0) is 9.24. The summed E-state index contributed by atoms with van der Waals surface area (Å²) in [5.74, 6) is 0. The van der Waals surface area contributed by atoms with E-state index in [0.717, 1.165) is 0 Å². The van der Waals surface area contributed by atoms with E-state index in [4.69, 9.17) is 14.2 Å². The van der Waals surface area contributed by atoms with Crippen LogP contribution in [0.5, 0.6) is 0 Å². The third kappa shape index (κ3) is 1.80. The van der Waals surface area contributed by atoms with Gasteiger partial charge in [-0.05, 0) is 20.8 Å². The Bertz CT molecular complexity index is 193. The predicted molar refractivity (Wildman–Crippen MR) is 41.4 cm³/mol. The Balaban J connectivity index is 2.68. The highest BCUT2D eigenvalue weighted by Gasteiger charge is 2.45. The molecule has 0 saturated carbocycles. The summed E-state index contributed by atoms with van der Waals surface area (Å²) in [6, 6.07) is 0. The van der Waals surface area contributed by atoms with Crippen LogP contribution >= 0.6 is 0 Å². The summed E-state index contributed by atoms with van der Waals surface area (Å²) in [6.07, 6.45) is -1.32. The standard InChI is InChI=1S/C7H14N2O3/c1-5-11-7(10-4)9-8-6(2,3)12-7/h5H2,1-4H3/t7-/m0/s1. The van der Waals surface area contributed by atoms with Gasteiger partial charge in [-0.2, -0.15) is 5.11 Å².